The van der Waals surface area contributed by atoms with Crippen molar-refractivity contribution in [2.75, 3.05) is 52.5 Å². The normalized spacial score (nSPS) is 17.3. The monoisotopic (exact) mass is 898 g/mol. The Hall–Kier alpha value is -4.58. The number of benzene rings is 2. The van der Waals surface area contributed by atoms with E-state index in [-0.39, 0.29) is 35.1 Å². The Bertz CT molecular complexity index is 2390. The first kappa shape index (κ1) is 47.4. The molecule has 64 heavy (non-hydrogen) atoms. The summed E-state index contributed by atoms with van der Waals surface area (Å²) in [5.74, 6) is 2.86. The zero-order valence-corrected chi connectivity index (χ0v) is 40.8. The quantitative estimate of drug-likeness (QED) is 0.0746. The highest BCUT2D eigenvalue weighted by Crippen LogP contribution is 2.44. The van der Waals surface area contributed by atoms with Gasteiger partial charge >= 0.3 is 12.1 Å². The molecule has 4 aromatic rings. The van der Waals surface area contributed by atoms with Crippen LogP contribution in [0.5, 0.6) is 11.8 Å². The van der Waals surface area contributed by atoms with Crippen molar-refractivity contribution in [2.24, 2.45) is 0 Å². The van der Waals surface area contributed by atoms with Crippen LogP contribution >= 0.6 is 0 Å². The van der Waals surface area contributed by atoms with Gasteiger partial charge in [0.15, 0.2) is 12.6 Å². The maximum absolute atomic E-state index is 17.8. The molecule has 7 rings (SSSR count). The van der Waals surface area contributed by atoms with Crippen molar-refractivity contribution < 1.29 is 32.5 Å². The molecule has 14 heteroatoms. The molecule has 2 aromatic heterocycles. The summed E-state index contributed by atoms with van der Waals surface area (Å²) < 4.78 is 57.7. The first-order chi connectivity index (χ1) is 30.3. The molecule has 2 saturated heterocycles. The first-order valence-electron chi connectivity index (χ1n) is 23.2. The highest BCUT2D eigenvalue weighted by Gasteiger charge is 2.46. The number of likely N-dealkylation sites (N-methyl/N-ethyl adjacent to an activating group) is 1. The van der Waals surface area contributed by atoms with E-state index in [1.807, 2.05) is 20.8 Å². The highest BCUT2D eigenvalue weighted by molar-refractivity contribution is 6.90. The Kier molecular flexibility index (Phi) is 13.9. The Balaban J connectivity index is 1.39. The molecule has 2 aliphatic heterocycles. The molecule has 3 aliphatic rings. The lowest BCUT2D eigenvalue weighted by Gasteiger charge is -2.39. The van der Waals surface area contributed by atoms with Crippen LogP contribution < -0.4 is 14.8 Å². The van der Waals surface area contributed by atoms with E-state index in [9.17, 15) is 4.79 Å². The van der Waals surface area contributed by atoms with Gasteiger partial charge in [0.25, 0.3) is 0 Å². The van der Waals surface area contributed by atoms with Gasteiger partial charge < -0.3 is 29.2 Å². The van der Waals surface area contributed by atoms with Crippen molar-refractivity contribution >= 4 is 41.7 Å². The third kappa shape index (κ3) is 9.14. The second-order valence-electron chi connectivity index (χ2n) is 20.3. The van der Waals surface area contributed by atoms with Gasteiger partial charge in [-0.2, -0.15) is 9.97 Å². The average molecular weight is 899 g/mol. The number of pyridine rings is 1. The SMILES string of the molecule is COCOc1cc(-c2ncc3c(NCC4(N(C)C(=O)OC(C)(C)C)CCCC4)nc(OCC45CCCN4CCC5)nc3c2F)c2c(C#C[Si](C(C)C)(C(C)C)C(C)C)c(F)ccc2c1. The molecule has 1 amide bonds. The van der Waals surface area contributed by atoms with Crippen LogP contribution in [0.2, 0.25) is 16.6 Å². The van der Waals surface area contributed by atoms with Crippen LogP contribution in [0, 0.1) is 23.1 Å². The van der Waals surface area contributed by atoms with E-state index in [1.54, 1.807) is 36.3 Å². The lowest BCUT2D eigenvalue weighted by molar-refractivity contribution is 0.00812. The minimum Gasteiger partial charge on any atom is -0.468 e. The molecule has 0 spiro atoms. The summed E-state index contributed by atoms with van der Waals surface area (Å²) >= 11 is 0. The van der Waals surface area contributed by atoms with Gasteiger partial charge in [-0.15, -0.1) is 5.54 Å². The van der Waals surface area contributed by atoms with Gasteiger partial charge in [-0.05, 0) is 113 Å². The van der Waals surface area contributed by atoms with Crippen molar-refractivity contribution in [3.05, 3.63) is 47.7 Å². The fourth-order valence-corrected chi connectivity index (χ4v) is 16.3. The maximum atomic E-state index is 17.8. The summed E-state index contributed by atoms with van der Waals surface area (Å²) in [5.41, 5.74) is 3.74. The Morgan fingerprint density at radius 1 is 0.953 bits per heavy atom. The van der Waals surface area contributed by atoms with Crippen LogP contribution in [0.1, 0.15) is 119 Å². The van der Waals surface area contributed by atoms with E-state index < -0.39 is 36.9 Å². The van der Waals surface area contributed by atoms with Gasteiger partial charge in [-0.25, -0.2) is 13.6 Å². The molecule has 0 radical (unpaired) electrons. The molecule has 2 aromatic carbocycles. The summed E-state index contributed by atoms with van der Waals surface area (Å²) in [6, 6.07) is 6.57. The van der Waals surface area contributed by atoms with Crippen molar-refractivity contribution in [1.29, 1.82) is 0 Å². The lowest BCUT2D eigenvalue weighted by atomic mass is 9.95. The summed E-state index contributed by atoms with van der Waals surface area (Å²) in [6.45, 7) is 21.6. The molecule has 1 aliphatic carbocycles. The van der Waals surface area contributed by atoms with Crippen LogP contribution in [0.25, 0.3) is 32.9 Å². The van der Waals surface area contributed by atoms with Crippen molar-refractivity contribution in [1.82, 2.24) is 24.8 Å². The number of aromatic nitrogens is 3. The van der Waals surface area contributed by atoms with Crippen LogP contribution in [-0.4, -0.2) is 103 Å². The molecule has 0 atom stereocenters. The van der Waals surface area contributed by atoms with Gasteiger partial charge in [-0.1, -0.05) is 66.4 Å². The second-order valence-corrected chi connectivity index (χ2v) is 25.8. The number of hydrogen-bond acceptors (Lipinski definition) is 10. The van der Waals surface area contributed by atoms with Crippen LogP contribution in [0.15, 0.2) is 30.5 Å². The number of anilines is 1. The zero-order valence-electron chi connectivity index (χ0n) is 39.8. The smallest absolute Gasteiger partial charge is 0.410 e. The van der Waals surface area contributed by atoms with Crippen LogP contribution in [-0.2, 0) is 9.47 Å². The number of nitrogens with zero attached hydrogens (tertiary/aromatic N) is 5. The Labute approximate surface area is 379 Å². The summed E-state index contributed by atoms with van der Waals surface area (Å²) in [5, 5.41) is 4.90. The standard InChI is InChI=1S/C50H68F2N6O5Si/c1-32(2)64(33(3)4,34(5)6)25-18-37-40(51)17-16-35-26-36(62-31-60-11)27-38(41(35)37)43-42(52)44-39(28-53-43)45(56-46(55-44)61-30-50-21-14-23-58(50)24-15-22-50)54-29-49(19-12-13-20-49)57(10)47(59)63-48(7,8)9/h16-17,26-28,32-34H,12-15,19-24,29-31H2,1-11H3,(H,54,55,56). The van der Waals surface area contributed by atoms with E-state index >= 15 is 8.78 Å². The average Bonchev–Trinajstić information content (AvgIpc) is 3.98. The molecule has 11 nitrogen and oxygen atoms in total. The second kappa shape index (κ2) is 18.7. The fourth-order valence-electron chi connectivity index (χ4n) is 11.1. The lowest BCUT2D eigenvalue weighted by Crippen LogP contribution is -2.53. The molecular formula is C50H68F2N6O5Si. The van der Waals surface area contributed by atoms with Gasteiger partial charge in [0.2, 0.25) is 0 Å². The van der Waals surface area contributed by atoms with E-state index in [2.05, 4.69) is 63.2 Å². The van der Waals surface area contributed by atoms with Gasteiger partial charge in [-0.3, -0.25) is 9.88 Å². The molecule has 0 bridgehead atoms. The maximum Gasteiger partial charge on any atom is 0.410 e. The molecular weight excluding hydrogens is 831 g/mol. The van der Waals surface area contributed by atoms with Gasteiger partial charge in [0.1, 0.15) is 48.9 Å². The number of carbonyl (C=O) groups excluding carboxylic acids is 1. The minimum atomic E-state index is -2.31. The van der Waals surface area contributed by atoms with Crippen LogP contribution in [0.3, 0.4) is 0 Å². The number of fused-ring (bicyclic) bond motifs is 3. The third-order valence-electron chi connectivity index (χ3n) is 14.4. The zero-order chi connectivity index (χ0) is 46.2. The largest absolute Gasteiger partial charge is 0.468 e. The minimum absolute atomic E-state index is 0.00285. The number of amides is 1. The number of nitrogens with one attached hydrogen (secondary N) is 1. The van der Waals surface area contributed by atoms with Gasteiger partial charge in [0, 0.05) is 37.8 Å². The fraction of sp³-hybridized carbons (Fsp3) is 0.600. The van der Waals surface area contributed by atoms with E-state index in [0.717, 1.165) is 64.5 Å². The molecule has 4 heterocycles. The van der Waals surface area contributed by atoms with E-state index in [1.165, 1.54) is 13.2 Å². The number of carbonyl (C=O) groups is 1. The Morgan fingerprint density at radius 3 is 2.25 bits per heavy atom. The van der Waals surface area contributed by atoms with Gasteiger partial charge in [0.05, 0.1) is 22.0 Å². The topological polar surface area (TPSA) is 111 Å². The number of methoxy groups -OCH3 is 1. The molecule has 0 unspecified atom stereocenters. The summed E-state index contributed by atoms with van der Waals surface area (Å²) in [4.78, 5) is 32.1. The summed E-state index contributed by atoms with van der Waals surface area (Å²) in [7, 11) is 0.995. The number of ether oxygens (including phenoxy) is 4. The Morgan fingerprint density at radius 2 is 1.62 bits per heavy atom. The van der Waals surface area contributed by atoms with Crippen molar-refractivity contribution in [2.45, 2.75) is 147 Å². The predicted octanol–water partition coefficient (Wildman–Crippen LogP) is 11.3. The molecule has 1 saturated carbocycles. The molecule has 1 N–H and O–H groups in total. The van der Waals surface area contributed by atoms with E-state index in [0.29, 0.717) is 63.1 Å². The van der Waals surface area contributed by atoms with Crippen molar-refractivity contribution in [3.8, 4) is 34.5 Å². The van der Waals surface area contributed by atoms with Crippen LogP contribution in [0.4, 0.5) is 19.4 Å². The molecule has 3 fully saturated rings. The number of rotatable bonds is 14. The highest BCUT2D eigenvalue weighted by atomic mass is 28.3. The third-order valence-corrected chi connectivity index (χ3v) is 20.6. The van der Waals surface area contributed by atoms with E-state index in [4.69, 9.17) is 33.9 Å². The predicted molar refractivity (Wildman–Crippen MR) is 253 cm³/mol. The van der Waals surface area contributed by atoms with Crippen molar-refractivity contribution in [3.63, 3.8) is 0 Å². The molecule has 346 valence electrons. The number of hydrogen-bond donors (Lipinski definition) is 1. The first-order valence-corrected chi connectivity index (χ1v) is 25.4. The summed E-state index contributed by atoms with van der Waals surface area (Å²) in [6.07, 6.45) is 8.75. The number of halogens is 2.